The van der Waals surface area contributed by atoms with Crippen molar-refractivity contribution in [2.24, 2.45) is 0 Å². The molecule has 6 nitrogen and oxygen atoms in total. The topological polar surface area (TPSA) is 77.4 Å². The summed E-state index contributed by atoms with van der Waals surface area (Å²) in [4.78, 5) is 14.4. The van der Waals surface area contributed by atoms with E-state index in [9.17, 15) is 4.79 Å². The number of rotatable bonds is 7. The van der Waals surface area contributed by atoms with Crippen LogP contribution in [0.1, 0.15) is 23.6 Å². The van der Waals surface area contributed by atoms with Crippen LogP contribution in [0.15, 0.2) is 54.6 Å². The highest BCUT2D eigenvalue weighted by Crippen LogP contribution is 2.27. The molecular weight excluding hydrogens is 352 g/mol. The van der Waals surface area contributed by atoms with Crippen molar-refractivity contribution in [3.63, 3.8) is 0 Å². The molecule has 3 rings (SSSR count). The third-order valence-electron chi connectivity index (χ3n) is 4.89. The molecule has 0 spiro atoms. The summed E-state index contributed by atoms with van der Waals surface area (Å²) in [5.41, 5.74) is 2.42. The highest BCUT2D eigenvalue weighted by Gasteiger charge is 2.30. The van der Waals surface area contributed by atoms with Crippen LogP contribution < -0.4 is 10.6 Å². The van der Waals surface area contributed by atoms with Gasteiger partial charge in [-0.25, -0.2) is 0 Å². The van der Waals surface area contributed by atoms with E-state index < -0.39 is 0 Å². The minimum Gasteiger partial charge on any atom is -0.374 e. The second kappa shape index (κ2) is 10.00. The molecule has 0 saturated carbocycles. The lowest BCUT2D eigenvalue weighted by Gasteiger charge is -2.39. The average molecular weight is 378 g/mol. The zero-order chi connectivity index (χ0) is 19.8. The molecule has 1 amide bonds. The van der Waals surface area contributed by atoms with Gasteiger partial charge in [0, 0.05) is 31.7 Å². The molecule has 0 aromatic heterocycles. The molecule has 0 aliphatic carbocycles. The van der Waals surface area contributed by atoms with Gasteiger partial charge in [-0.2, -0.15) is 5.26 Å². The summed E-state index contributed by atoms with van der Waals surface area (Å²) in [5, 5.41) is 15.1. The SMILES string of the molecule is CN1CCO[C@@H](CNCCC(=O)Nc2cccc(C#N)c2)[C@@H]1c1ccccc1. The standard InChI is InChI=1S/C22H26N4O2/c1-26-12-13-28-20(22(26)18-7-3-2-4-8-18)16-24-11-10-21(27)25-19-9-5-6-17(14-19)15-23/h2-9,14,20,22,24H,10-13,16H2,1H3,(H,25,27)/t20-,22-/m0/s1. The molecule has 2 atom stereocenters. The molecule has 0 radical (unpaired) electrons. The molecule has 1 saturated heterocycles. The number of ether oxygens (including phenoxy) is 1. The Morgan fingerprint density at radius 1 is 1.25 bits per heavy atom. The van der Waals surface area contributed by atoms with Crippen molar-refractivity contribution in [3.05, 3.63) is 65.7 Å². The van der Waals surface area contributed by atoms with Crippen molar-refractivity contribution < 1.29 is 9.53 Å². The number of carbonyl (C=O) groups is 1. The number of morpholine rings is 1. The van der Waals surface area contributed by atoms with Crippen LogP contribution in [-0.2, 0) is 9.53 Å². The number of anilines is 1. The number of hydrogen-bond donors (Lipinski definition) is 2. The Hall–Kier alpha value is -2.72. The molecule has 6 heteroatoms. The predicted octanol–water partition coefficient (Wildman–Crippen LogP) is 2.55. The fourth-order valence-electron chi connectivity index (χ4n) is 3.49. The number of hydrogen-bond acceptors (Lipinski definition) is 5. The summed E-state index contributed by atoms with van der Waals surface area (Å²) < 4.78 is 6.01. The van der Waals surface area contributed by atoms with Crippen molar-refractivity contribution in [3.8, 4) is 6.07 Å². The maximum atomic E-state index is 12.1. The van der Waals surface area contributed by atoms with E-state index in [1.165, 1.54) is 5.56 Å². The Morgan fingerprint density at radius 3 is 2.86 bits per heavy atom. The van der Waals surface area contributed by atoms with Gasteiger partial charge in [-0.1, -0.05) is 36.4 Å². The maximum absolute atomic E-state index is 12.1. The van der Waals surface area contributed by atoms with Gasteiger partial charge in [-0.15, -0.1) is 0 Å². The summed E-state index contributed by atoms with van der Waals surface area (Å²) in [7, 11) is 2.12. The monoisotopic (exact) mass is 378 g/mol. The molecule has 0 unspecified atom stereocenters. The largest absolute Gasteiger partial charge is 0.374 e. The molecule has 2 aromatic carbocycles. The van der Waals surface area contributed by atoms with Gasteiger partial charge in [0.2, 0.25) is 5.91 Å². The fourth-order valence-corrected chi connectivity index (χ4v) is 3.49. The van der Waals surface area contributed by atoms with E-state index in [-0.39, 0.29) is 18.1 Å². The highest BCUT2D eigenvalue weighted by atomic mass is 16.5. The highest BCUT2D eigenvalue weighted by molar-refractivity contribution is 5.90. The quantitative estimate of drug-likeness (QED) is 0.724. The lowest BCUT2D eigenvalue weighted by atomic mass is 9.98. The van der Waals surface area contributed by atoms with E-state index >= 15 is 0 Å². The number of amides is 1. The number of nitrogens with one attached hydrogen (secondary N) is 2. The van der Waals surface area contributed by atoms with Crippen molar-refractivity contribution in [2.45, 2.75) is 18.6 Å². The van der Waals surface area contributed by atoms with E-state index in [0.29, 0.717) is 37.4 Å². The molecule has 146 valence electrons. The number of carbonyl (C=O) groups excluding carboxylic acids is 1. The van der Waals surface area contributed by atoms with Gasteiger partial charge >= 0.3 is 0 Å². The van der Waals surface area contributed by atoms with Crippen molar-refractivity contribution in [1.82, 2.24) is 10.2 Å². The Bertz CT molecular complexity index is 819. The molecule has 0 bridgehead atoms. The van der Waals surface area contributed by atoms with Crippen molar-refractivity contribution in [1.29, 1.82) is 5.26 Å². The zero-order valence-corrected chi connectivity index (χ0v) is 16.1. The Morgan fingerprint density at radius 2 is 2.07 bits per heavy atom. The predicted molar refractivity (Wildman–Crippen MR) is 109 cm³/mol. The van der Waals surface area contributed by atoms with E-state index in [1.54, 1.807) is 24.3 Å². The van der Waals surface area contributed by atoms with Crippen LogP contribution in [0.3, 0.4) is 0 Å². The number of likely N-dealkylation sites (N-methyl/N-ethyl adjacent to an activating group) is 1. The minimum atomic E-state index is -0.0797. The third-order valence-corrected chi connectivity index (χ3v) is 4.89. The second-order valence-electron chi connectivity index (χ2n) is 6.94. The summed E-state index contributed by atoms with van der Waals surface area (Å²) >= 11 is 0. The maximum Gasteiger partial charge on any atom is 0.225 e. The third kappa shape index (κ3) is 5.40. The Kier molecular flexibility index (Phi) is 7.15. The van der Waals surface area contributed by atoms with E-state index in [1.807, 2.05) is 18.2 Å². The molecule has 28 heavy (non-hydrogen) atoms. The van der Waals surface area contributed by atoms with Crippen LogP contribution in [0.2, 0.25) is 0 Å². The average Bonchev–Trinajstić information content (AvgIpc) is 2.72. The molecule has 1 aliphatic rings. The molecule has 1 heterocycles. The Labute approximate surface area is 166 Å². The summed E-state index contributed by atoms with van der Waals surface area (Å²) in [6, 6.07) is 19.6. The van der Waals surface area contributed by atoms with Crippen molar-refractivity contribution in [2.75, 3.05) is 38.6 Å². The first-order valence-electron chi connectivity index (χ1n) is 9.55. The molecule has 2 aromatic rings. The van der Waals surface area contributed by atoms with Crippen LogP contribution in [0.5, 0.6) is 0 Å². The summed E-state index contributed by atoms with van der Waals surface area (Å²) in [6.45, 7) is 2.86. The smallest absolute Gasteiger partial charge is 0.225 e. The van der Waals surface area contributed by atoms with Gasteiger partial charge in [0.1, 0.15) is 0 Å². The normalized spacial score (nSPS) is 19.7. The van der Waals surface area contributed by atoms with Crippen LogP contribution in [0.4, 0.5) is 5.69 Å². The molecule has 2 N–H and O–H groups in total. The van der Waals surface area contributed by atoms with Gasteiger partial charge in [0.15, 0.2) is 0 Å². The number of nitrogens with zero attached hydrogens (tertiary/aromatic N) is 2. The van der Waals surface area contributed by atoms with Gasteiger partial charge in [0.05, 0.1) is 30.4 Å². The van der Waals surface area contributed by atoms with E-state index in [4.69, 9.17) is 10.00 Å². The summed E-state index contributed by atoms with van der Waals surface area (Å²) in [6.07, 6.45) is 0.395. The van der Waals surface area contributed by atoms with Crippen LogP contribution in [0, 0.1) is 11.3 Å². The number of nitriles is 1. The van der Waals surface area contributed by atoms with Crippen molar-refractivity contribution >= 4 is 11.6 Å². The minimum absolute atomic E-state index is 0.0384. The summed E-state index contributed by atoms with van der Waals surface area (Å²) in [5.74, 6) is -0.0797. The number of benzene rings is 2. The van der Waals surface area contributed by atoms with Gasteiger partial charge < -0.3 is 15.4 Å². The lowest BCUT2D eigenvalue weighted by Crippen LogP contribution is -2.47. The van der Waals surface area contributed by atoms with Gasteiger partial charge in [-0.05, 0) is 30.8 Å². The molecular formula is C22H26N4O2. The van der Waals surface area contributed by atoms with Gasteiger partial charge in [0.25, 0.3) is 0 Å². The van der Waals surface area contributed by atoms with Gasteiger partial charge in [-0.3, -0.25) is 9.69 Å². The van der Waals surface area contributed by atoms with E-state index in [0.717, 1.165) is 6.54 Å². The molecule has 1 fully saturated rings. The first-order chi connectivity index (χ1) is 13.7. The zero-order valence-electron chi connectivity index (χ0n) is 16.1. The Balaban J connectivity index is 1.47. The van der Waals surface area contributed by atoms with Crippen LogP contribution in [0.25, 0.3) is 0 Å². The van der Waals surface area contributed by atoms with E-state index in [2.05, 4.69) is 40.8 Å². The van der Waals surface area contributed by atoms with Crippen LogP contribution in [-0.4, -0.2) is 50.2 Å². The molecule has 1 aliphatic heterocycles. The first-order valence-corrected chi connectivity index (χ1v) is 9.55. The fraction of sp³-hybridized carbons (Fsp3) is 0.364. The lowest BCUT2D eigenvalue weighted by molar-refractivity contribution is -0.116. The van der Waals surface area contributed by atoms with Crippen LogP contribution >= 0.6 is 0 Å². The first kappa shape index (κ1) is 20.0. The second-order valence-corrected chi connectivity index (χ2v) is 6.94.